The van der Waals surface area contributed by atoms with Gasteiger partial charge in [-0.15, -0.1) is 0 Å². The van der Waals surface area contributed by atoms with E-state index >= 15 is 0 Å². The van der Waals surface area contributed by atoms with E-state index in [0.29, 0.717) is 13.0 Å². The van der Waals surface area contributed by atoms with Gasteiger partial charge in [-0.1, -0.05) is 54.6 Å². The van der Waals surface area contributed by atoms with Crippen LogP contribution >= 0.6 is 0 Å². The molecule has 0 bridgehead atoms. The first kappa shape index (κ1) is 19.0. The zero-order chi connectivity index (χ0) is 19.4. The van der Waals surface area contributed by atoms with Gasteiger partial charge in [0, 0.05) is 6.42 Å². The van der Waals surface area contributed by atoms with Crippen LogP contribution in [-0.4, -0.2) is 28.6 Å². The highest BCUT2D eigenvalue weighted by Crippen LogP contribution is 2.26. The summed E-state index contributed by atoms with van der Waals surface area (Å²) in [6.07, 6.45) is -0.0816. The maximum Gasteiger partial charge on any atom is 0.411 e. The molecule has 1 unspecified atom stereocenters. The first-order valence-electron chi connectivity index (χ1n) is 9.10. The number of carbonyl (C=O) groups excluding carboxylic acids is 2. The molecule has 0 aromatic heterocycles. The first-order chi connectivity index (χ1) is 12.8. The fraction of sp³-hybridized carbons (Fsp3) is 0.364. The molecule has 5 nitrogen and oxygen atoms in total. The second-order valence-corrected chi connectivity index (χ2v) is 7.69. The van der Waals surface area contributed by atoms with Crippen molar-refractivity contribution in [3.05, 3.63) is 71.3 Å². The number of hydrogen-bond donors (Lipinski definition) is 0. The van der Waals surface area contributed by atoms with Gasteiger partial charge in [0.2, 0.25) is 0 Å². The first-order valence-corrected chi connectivity index (χ1v) is 9.10. The van der Waals surface area contributed by atoms with Crippen LogP contribution in [0.3, 0.4) is 0 Å². The number of benzene rings is 2. The Kier molecular flexibility index (Phi) is 5.49. The maximum absolute atomic E-state index is 12.8. The highest BCUT2D eigenvalue weighted by molar-refractivity contribution is 5.82. The molecular weight excluding hydrogens is 342 g/mol. The summed E-state index contributed by atoms with van der Waals surface area (Å²) in [6.45, 7) is 5.94. The second kappa shape index (κ2) is 7.82. The predicted octanol–water partition coefficient (Wildman–Crippen LogP) is 4.09. The van der Waals surface area contributed by atoms with E-state index in [1.54, 1.807) is 0 Å². The van der Waals surface area contributed by atoms with Crippen molar-refractivity contribution < 1.29 is 19.1 Å². The molecule has 0 fully saturated rings. The fourth-order valence-electron chi connectivity index (χ4n) is 3.07. The zero-order valence-corrected chi connectivity index (χ0v) is 16.0. The molecule has 0 spiro atoms. The van der Waals surface area contributed by atoms with Gasteiger partial charge in [-0.3, -0.25) is 4.90 Å². The Morgan fingerprint density at radius 3 is 2.30 bits per heavy atom. The number of esters is 1. The number of fused-ring (bicyclic) bond motifs is 1. The lowest BCUT2D eigenvalue weighted by Crippen LogP contribution is -2.50. The van der Waals surface area contributed by atoms with E-state index in [2.05, 4.69) is 0 Å². The zero-order valence-electron chi connectivity index (χ0n) is 16.0. The Morgan fingerprint density at radius 2 is 1.63 bits per heavy atom. The summed E-state index contributed by atoms with van der Waals surface area (Å²) >= 11 is 0. The highest BCUT2D eigenvalue weighted by atomic mass is 16.6. The second-order valence-electron chi connectivity index (χ2n) is 7.69. The van der Waals surface area contributed by atoms with Crippen molar-refractivity contribution in [2.75, 3.05) is 0 Å². The molecule has 1 atom stereocenters. The molecule has 0 radical (unpaired) electrons. The van der Waals surface area contributed by atoms with Crippen LogP contribution in [0, 0.1) is 0 Å². The molecule has 5 heteroatoms. The quantitative estimate of drug-likeness (QED) is 0.767. The molecule has 1 heterocycles. The lowest BCUT2D eigenvalue weighted by Gasteiger charge is -2.36. The molecule has 2 aromatic carbocycles. The molecule has 0 saturated heterocycles. The highest BCUT2D eigenvalue weighted by Gasteiger charge is 2.37. The Labute approximate surface area is 159 Å². The van der Waals surface area contributed by atoms with Crippen LogP contribution in [0.1, 0.15) is 37.5 Å². The van der Waals surface area contributed by atoms with Gasteiger partial charge < -0.3 is 9.47 Å². The smallest absolute Gasteiger partial charge is 0.411 e. The van der Waals surface area contributed by atoms with E-state index in [0.717, 1.165) is 16.7 Å². The number of hydrogen-bond acceptors (Lipinski definition) is 4. The Morgan fingerprint density at radius 1 is 1.00 bits per heavy atom. The van der Waals surface area contributed by atoms with E-state index in [1.807, 2.05) is 75.4 Å². The number of ether oxygens (including phenoxy) is 2. The fourth-order valence-corrected chi connectivity index (χ4v) is 3.07. The SMILES string of the molecule is CC(C)(C)OC(=O)N1Cc2ccccc2CC1C(=O)OCc1ccccc1. The summed E-state index contributed by atoms with van der Waals surface area (Å²) in [7, 11) is 0. The summed E-state index contributed by atoms with van der Waals surface area (Å²) in [5, 5.41) is 0. The van der Waals surface area contributed by atoms with Crippen LogP contribution in [0.25, 0.3) is 0 Å². The van der Waals surface area contributed by atoms with Gasteiger partial charge in [0.05, 0.1) is 6.54 Å². The minimum absolute atomic E-state index is 0.181. The molecule has 0 aliphatic carbocycles. The van der Waals surface area contributed by atoms with E-state index in [-0.39, 0.29) is 6.61 Å². The van der Waals surface area contributed by atoms with Crippen molar-refractivity contribution in [3.8, 4) is 0 Å². The lowest BCUT2D eigenvalue weighted by molar-refractivity contribution is -0.151. The summed E-state index contributed by atoms with van der Waals surface area (Å²) < 4.78 is 11.0. The van der Waals surface area contributed by atoms with E-state index in [1.165, 1.54) is 4.90 Å². The minimum atomic E-state index is -0.696. The Balaban J connectivity index is 1.78. The summed E-state index contributed by atoms with van der Waals surface area (Å²) in [6, 6.07) is 16.6. The molecule has 27 heavy (non-hydrogen) atoms. The van der Waals surface area contributed by atoms with Crippen LogP contribution < -0.4 is 0 Å². The van der Waals surface area contributed by atoms with Crippen LogP contribution in [0.15, 0.2) is 54.6 Å². The predicted molar refractivity (Wildman–Crippen MR) is 102 cm³/mol. The van der Waals surface area contributed by atoms with E-state index in [4.69, 9.17) is 9.47 Å². The minimum Gasteiger partial charge on any atom is -0.459 e. The normalized spacial score (nSPS) is 16.4. The third-order valence-electron chi connectivity index (χ3n) is 4.37. The van der Waals surface area contributed by atoms with Crippen LogP contribution in [0.2, 0.25) is 0 Å². The average molecular weight is 367 g/mol. The molecular formula is C22H25NO4. The lowest BCUT2D eigenvalue weighted by atomic mass is 9.94. The van der Waals surface area contributed by atoms with Crippen molar-refractivity contribution in [1.82, 2.24) is 4.90 Å². The molecule has 1 aliphatic heterocycles. The third-order valence-corrected chi connectivity index (χ3v) is 4.37. The molecule has 0 N–H and O–H groups in total. The van der Waals surface area contributed by atoms with Gasteiger partial charge in [-0.25, -0.2) is 9.59 Å². The van der Waals surface area contributed by atoms with Crippen LogP contribution in [0.5, 0.6) is 0 Å². The van der Waals surface area contributed by atoms with Gasteiger partial charge in [0.1, 0.15) is 18.2 Å². The molecule has 1 amide bonds. The number of nitrogens with zero attached hydrogens (tertiary/aromatic N) is 1. The summed E-state index contributed by atoms with van der Waals surface area (Å²) in [4.78, 5) is 27.0. The standard InChI is InChI=1S/C22H25NO4/c1-22(2,3)27-21(25)23-14-18-12-8-7-11-17(18)13-19(23)20(24)26-15-16-9-5-4-6-10-16/h4-12,19H,13-15H2,1-3H3. The van der Waals surface area contributed by atoms with Gasteiger partial charge in [-0.2, -0.15) is 0 Å². The third kappa shape index (κ3) is 4.88. The molecule has 0 saturated carbocycles. The van der Waals surface area contributed by atoms with Crippen molar-refractivity contribution in [3.63, 3.8) is 0 Å². The number of amides is 1. The monoisotopic (exact) mass is 367 g/mol. The van der Waals surface area contributed by atoms with Gasteiger partial charge in [-0.05, 0) is 37.5 Å². The van der Waals surface area contributed by atoms with Crippen LogP contribution in [-0.2, 0) is 33.8 Å². The molecule has 2 aromatic rings. The van der Waals surface area contributed by atoms with Crippen molar-refractivity contribution in [2.45, 2.75) is 52.0 Å². The van der Waals surface area contributed by atoms with Gasteiger partial charge in [0.25, 0.3) is 0 Å². The number of carbonyl (C=O) groups is 2. The molecule has 142 valence electrons. The van der Waals surface area contributed by atoms with Crippen LogP contribution in [0.4, 0.5) is 4.79 Å². The van der Waals surface area contributed by atoms with E-state index < -0.39 is 23.7 Å². The number of rotatable bonds is 3. The van der Waals surface area contributed by atoms with Gasteiger partial charge in [0.15, 0.2) is 0 Å². The van der Waals surface area contributed by atoms with Crippen molar-refractivity contribution in [2.24, 2.45) is 0 Å². The molecule has 3 rings (SSSR count). The molecule has 1 aliphatic rings. The Hall–Kier alpha value is -2.82. The Bertz CT molecular complexity index is 811. The average Bonchev–Trinajstić information content (AvgIpc) is 2.64. The maximum atomic E-state index is 12.8. The van der Waals surface area contributed by atoms with Gasteiger partial charge >= 0.3 is 12.1 Å². The summed E-state index contributed by atoms with van der Waals surface area (Å²) in [5.74, 6) is -0.417. The topological polar surface area (TPSA) is 55.8 Å². The van der Waals surface area contributed by atoms with E-state index in [9.17, 15) is 9.59 Å². The van der Waals surface area contributed by atoms with Crippen molar-refractivity contribution >= 4 is 12.1 Å². The summed E-state index contributed by atoms with van der Waals surface area (Å²) in [5.41, 5.74) is 2.35. The largest absolute Gasteiger partial charge is 0.459 e. The van der Waals surface area contributed by atoms with Crippen molar-refractivity contribution in [1.29, 1.82) is 0 Å².